The van der Waals surface area contributed by atoms with E-state index < -0.39 is 0 Å². The van der Waals surface area contributed by atoms with Crippen LogP contribution in [0.2, 0.25) is 0 Å². The Morgan fingerprint density at radius 1 is 1.02 bits per heavy atom. The number of nitrogens with zero attached hydrogens (tertiary/aromatic N) is 5. The van der Waals surface area contributed by atoms with E-state index in [1.165, 1.54) is 57.6 Å². The molecule has 2 aliphatic rings. The number of fused-ring (bicyclic) bond motifs is 5. The van der Waals surface area contributed by atoms with Gasteiger partial charge in [-0.05, 0) is 83.6 Å². The van der Waals surface area contributed by atoms with Gasteiger partial charge in [0.2, 0.25) is 5.71 Å². The smallest absolute Gasteiger partial charge is 0.255 e. The van der Waals surface area contributed by atoms with Crippen LogP contribution in [-0.4, -0.2) is 32.1 Å². The second-order valence-electron chi connectivity index (χ2n) is 14.3. The van der Waals surface area contributed by atoms with Crippen LogP contribution in [0.3, 0.4) is 0 Å². The van der Waals surface area contributed by atoms with Crippen molar-refractivity contribution in [3.8, 4) is 11.3 Å². The third-order valence-electron chi connectivity index (χ3n) is 10.2. The fourth-order valence-corrected chi connectivity index (χ4v) is 7.35. The molecule has 5 nitrogen and oxygen atoms in total. The first-order valence-corrected chi connectivity index (χ1v) is 17.1. The lowest BCUT2D eigenvalue weighted by molar-refractivity contribution is -0.748. The first-order chi connectivity index (χ1) is 21.6. The topological polar surface area (TPSA) is 37.6 Å². The van der Waals surface area contributed by atoms with E-state index in [2.05, 4.69) is 143 Å². The van der Waals surface area contributed by atoms with Gasteiger partial charge in [-0.25, -0.2) is 9.14 Å². The fraction of sp³-hybridized carbons (Fsp3) is 0.450. The maximum atomic E-state index is 5.35. The van der Waals surface area contributed by atoms with Crippen LogP contribution < -0.4 is 4.57 Å². The zero-order chi connectivity index (χ0) is 31.9. The molecule has 0 saturated heterocycles. The molecule has 0 bridgehead atoms. The number of unbranched alkanes of at least 4 members (excludes halogenated alkanes) is 1. The number of hydrogen-bond acceptors (Lipinski definition) is 2. The Balaban J connectivity index is 1.57. The summed E-state index contributed by atoms with van der Waals surface area (Å²) in [6.07, 6.45) is 15.5. The predicted molar refractivity (Wildman–Crippen MR) is 187 cm³/mol. The van der Waals surface area contributed by atoms with E-state index in [4.69, 9.17) is 10.1 Å². The normalized spacial score (nSPS) is 17.7. The summed E-state index contributed by atoms with van der Waals surface area (Å²) in [6, 6.07) is 18.2. The molecule has 2 aromatic carbocycles. The Hall–Kier alpha value is -3.86. The summed E-state index contributed by atoms with van der Waals surface area (Å²) in [5.41, 5.74) is 11.0. The summed E-state index contributed by atoms with van der Waals surface area (Å²) in [6.45, 7) is 16.7. The molecule has 0 radical (unpaired) electrons. The summed E-state index contributed by atoms with van der Waals surface area (Å²) < 4.78 is 7.10. The fourth-order valence-electron chi connectivity index (χ4n) is 7.35. The van der Waals surface area contributed by atoms with Gasteiger partial charge in [0, 0.05) is 17.4 Å². The third-order valence-corrected chi connectivity index (χ3v) is 10.2. The number of allylic oxidation sites excluding steroid dienone is 2. The molecule has 2 aliphatic heterocycles. The first-order valence-electron chi connectivity index (χ1n) is 17.1. The molecular formula is C40H51N5+2. The van der Waals surface area contributed by atoms with E-state index in [0.29, 0.717) is 5.92 Å². The van der Waals surface area contributed by atoms with Crippen molar-refractivity contribution in [3.63, 3.8) is 0 Å². The van der Waals surface area contributed by atoms with Gasteiger partial charge in [0.05, 0.1) is 17.6 Å². The molecule has 0 amide bonds. The Morgan fingerprint density at radius 2 is 1.80 bits per heavy atom. The van der Waals surface area contributed by atoms with Crippen LogP contribution in [0.1, 0.15) is 103 Å². The van der Waals surface area contributed by atoms with Crippen molar-refractivity contribution in [2.75, 3.05) is 7.05 Å². The lowest BCUT2D eigenvalue weighted by Crippen LogP contribution is -2.58. The Labute approximate surface area is 270 Å². The van der Waals surface area contributed by atoms with Gasteiger partial charge in [-0.2, -0.15) is 5.10 Å². The second-order valence-corrected chi connectivity index (χ2v) is 14.3. The van der Waals surface area contributed by atoms with Crippen molar-refractivity contribution in [1.82, 2.24) is 14.8 Å². The minimum Gasteiger partial charge on any atom is -0.255 e. The Kier molecular flexibility index (Phi) is 8.41. The zero-order valence-electron chi connectivity index (χ0n) is 28.7. The highest BCUT2D eigenvalue weighted by Gasteiger charge is 2.43. The molecule has 2 aromatic heterocycles. The van der Waals surface area contributed by atoms with E-state index >= 15 is 0 Å². The molecule has 1 unspecified atom stereocenters. The maximum Gasteiger partial charge on any atom is 0.288 e. The third kappa shape index (κ3) is 5.60. The molecule has 0 saturated carbocycles. The minimum atomic E-state index is -0.252. The molecule has 0 N–H and O–H groups in total. The monoisotopic (exact) mass is 601 g/mol. The molecule has 1 atom stereocenters. The van der Waals surface area contributed by atoms with Crippen molar-refractivity contribution in [2.45, 2.75) is 104 Å². The quantitative estimate of drug-likeness (QED) is 0.190. The van der Waals surface area contributed by atoms with Crippen LogP contribution in [0, 0.1) is 5.92 Å². The summed E-state index contributed by atoms with van der Waals surface area (Å²) in [5.74, 6) is 0.497. The molecule has 5 heteroatoms. The Morgan fingerprint density at radius 3 is 2.53 bits per heavy atom. The molecule has 0 fully saturated rings. The average molecular weight is 602 g/mol. The van der Waals surface area contributed by atoms with Gasteiger partial charge >= 0.3 is 0 Å². The highest BCUT2D eigenvalue weighted by Crippen LogP contribution is 2.40. The van der Waals surface area contributed by atoms with Crippen LogP contribution in [0.25, 0.3) is 28.2 Å². The van der Waals surface area contributed by atoms with Crippen LogP contribution in [0.5, 0.6) is 0 Å². The predicted octanol–water partition coefficient (Wildman–Crippen LogP) is 8.62. The van der Waals surface area contributed by atoms with Gasteiger partial charge in [-0.1, -0.05) is 85.2 Å². The molecule has 6 rings (SSSR count). The van der Waals surface area contributed by atoms with Crippen LogP contribution >= 0.6 is 0 Å². The van der Waals surface area contributed by atoms with Crippen molar-refractivity contribution >= 4 is 22.7 Å². The molecule has 4 aromatic rings. The summed E-state index contributed by atoms with van der Waals surface area (Å²) in [5, 5.41) is 6.57. The average Bonchev–Trinajstić information content (AvgIpc) is 3.41. The van der Waals surface area contributed by atoms with Crippen molar-refractivity contribution in [1.29, 1.82) is 0 Å². The molecule has 0 aliphatic carbocycles. The molecular weight excluding hydrogens is 550 g/mol. The summed E-state index contributed by atoms with van der Waals surface area (Å²) in [4.78, 5) is 5.15. The number of rotatable bonds is 8. The van der Waals surface area contributed by atoms with Gasteiger partial charge in [-0.3, -0.25) is 4.68 Å². The SMILES string of the molecule is CCCCc1ccc2c3[n+](cnc2c1)C(CC)(CC)C(Cn1nc(C(C)(C)C)cc1C1=[N+](C)C=CC(C)C1)=Cc1ccccc1-3. The van der Waals surface area contributed by atoms with Gasteiger partial charge < -0.3 is 0 Å². The highest BCUT2D eigenvalue weighted by molar-refractivity contribution is 5.96. The summed E-state index contributed by atoms with van der Waals surface area (Å²) in [7, 11) is 2.17. The Bertz CT molecular complexity index is 1820. The van der Waals surface area contributed by atoms with Gasteiger partial charge in [-0.15, -0.1) is 0 Å². The van der Waals surface area contributed by atoms with Crippen LogP contribution in [0.4, 0.5) is 0 Å². The van der Waals surface area contributed by atoms with E-state index in [0.717, 1.165) is 43.4 Å². The van der Waals surface area contributed by atoms with Gasteiger partial charge in [0.15, 0.2) is 11.7 Å². The molecule has 45 heavy (non-hydrogen) atoms. The zero-order valence-corrected chi connectivity index (χ0v) is 28.7. The minimum absolute atomic E-state index is 0.0492. The number of aromatic nitrogens is 4. The van der Waals surface area contributed by atoms with E-state index in [1.54, 1.807) is 0 Å². The van der Waals surface area contributed by atoms with Crippen molar-refractivity contribution in [2.24, 2.45) is 5.92 Å². The van der Waals surface area contributed by atoms with E-state index in [1.807, 2.05) is 0 Å². The van der Waals surface area contributed by atoms with Crippen LogP contribution in [-0.2, 0) is 23.9 Å². The molecule has 0 spiro atoms. The lowest BCUT2D eigenvalue weighted by Gasteiger charge is -2.33. The lowest BCUT2D eigenvalue weighted by atomic mass is 9.83. The van der Waals surface area contributed by atoms with Crippen LogP contribution in [0.15, 0.2) is 72.7 Å². The number of aryl methyl sites for hydroxylation is 1. The second kappa shape index (κ2) is 12.2. The largest absolute Gasteiger partial charge is 0.288 e. The maximum absolute atomic E-state index is 5.35. The number of hydrogen-bond donors (Lipinski definition) is 0. The number of benzene rings is 2. The van der Waals surface area contributed by atoms with E-state index in [9.17, 15) is 0 Å². The standard InChI is InChI=1S/C40H51N5/c1-9-12-15-29-18-19-33-34(23-29)41-27-44-38(33)32-17-14-13-16-30(32)24-31(40(44,10-2)11-3)26-45-36(25-37(42-45)39(5,6)7)35-22-28(4)20-21-43(35)8/h13-14,16-21,23-25,27-28H,9-12,15,22,26H2,1-8H3/q+2. The first kappa shape index (κ1) is 31.1. The van der Waals surface area contributed by atoms with Crippen molar-refractivity contribution < 1.29 is 9.14 Å². The highest BCUT2D eigenvalue weighted by atomic mass is 15.3. The van der Waals surface area contributed by atoms with Gasteiger partial charge in [0.25, 0.3) is 6.33 Å². The van der Waals surface area contributed by atoms with Gasteiger partial charge in [0.1, 0.15) is 24.0 Å². The molecule has 4 heterocycles. The summed E-state index contributed by atoms with van der Waals surface area (Å²) >= 11 is 0. The molecule has 234 valence electrons. The van der Waals surface area contributed by atoms with E-state index in [-0.39, 0.29) is 11.0 Å². The van der Waals surface area contributed by atoms with Crippen molar-refractivity contribution in [3.05, 3.63) is 95.2 Å².